The van der Waals surface area contributed by atoms with E-state index in [2.05, 4.69) is 59.1 Å². The highest BCUT2D eigenvalue weighted by Gasteiger charge is 2.48. The van der Waals surface area contributed by atoms with Gasteiger partial charge in [0.15, 0.2) is 0 Å². The highest BCUT2D eigenvalue weighted by molar-refractivity contribution is 9.13. The number of hydrogen-bond acceptors (Lipinski definition) is 18. The molecule has 26 heteroatoms. The number of ether oxygens (including phenoxy) is 3. The fourth-order valence-corrected chi connectivity index (χ4v) is 9.34. The number of piperidine rings is 3. The average molecular weight is 1240 g/mol. The van der Waals surface area contributed by atoms with Crippen LogP contribution in [-0.4, -0.2) is 165 Å². The van der Waals surface area contributed by atoms with Crippen molar-refractivity contribution in [1.82, 2.24) is 30.7 Å². The Kier molecular flexibility index (Phi) is 25.6. The van der Waals surface area contributed by atoms with Crippen molar-refractivity contribution in [3.8, 4) is 0 Å². The summed E-state index contributed by atoms with van der Waals surface area (Å²) in [6.45, 7) is 4.29. The second-order valence-electron chi connectivity index (χ2n) is 17.1. The molecule has 3 aromatic rings. The Hall–Kier alpha value is -7.62. The third-order valence-electron chi connectivity index (χ3n) is 12.1. The normalized spacial score (nSPS) is 18.8. The number of aliphatic hydroxyl groups excluding tert-OH is 3. The van der Waals surface area contributed by atoms with E-state index in [1.54, 1.807) is 42.5 Å². The molecule has 0 aliphatic carbocycles. The molecule has 0 radical (unpaired) electrons. The molecule has 430 valence electrons. The lowest BCUT2D eigenvalue weighted by Crippen LogP contribution is -2.54. The van der Waals surface area contributed by atoms with Crippen molar-refractivity contribution in [1.29, 1.82) is 0 Å². The number of amides is 12. The van der Waals surface area contributed by atoms with E-state index in [4.69, 9.17) is 24.8 Å². The molecule has 12 amide bonds. The van der Waals surface area contributed by atoms with Crippen LogP contribution in [0, 0.1) is 0 Å². The van der Waals surface area contributed by atoms with Crippen LogP contribution < -0.4 is 16.0 Å². The van der Waals surface area contributed by atoms with E-state index in [-0.39, 0.29) is 127 Å². The number of nitrogens with zero attached hydrogens (tertiary/aromatic N) is 3. The van der Waals surface area contributed by atoms with Crippen molar-refractivity contribution in [2.24, 2.45) is 0 Å². The molecule has 3 atom stereocenters. The van der Waals surface area contributed by atoms with Crippen molar-refractivity contribution in [3.63, 3.8) is 0 Å². The van der Waals surface area contributed by atoms with Gasteiger partial charge in [0, 0.05) is 28.2 Å². The molecule has 80 heavy (non-hydrogen) atoms. The molecular formula is C54H62Br2N6O18. The minimum atomic E-state index is -0.975. The Morgan fingerprint density at radius 1 is 0.525 bits per heavy atom. The maximum absolute atomic E-state index is 12.6. The lowest BCUT2D eigenvalue weighted by atomic mass is 10.0. The van der Waals surface area contributed by atoms with Gasteiger partial charge in [-0.1, -0.05) is 41.0 Å². The van der Waals surface area contributed by atoms with Crippen LogP contribution in [0.5, 0.6) is 0 Å². The molecule has 3 unspecified atom stereocenters. The molecule has 24 nitrogen and oxygen atoms in total. The molecular weight excluding hydrogens is 1180 g/mol. The smallest absolute Gasteiger partial charge is 0.263 e. The number of carbonyl (C=O) groups is 12. The van der Waals surface area contributed by atoms with Gasteiger partial charge in [0.1, 0.15) is 31.3 Å². The van der Waals surface area contributed by atoms with Gasteiger partial charge in [-0.05, 0) is 111 Å². The fraction of sp³-hybridized carbons (Fsp3) is 0.370. The Morgan fingerprint density at radius 3 is 1.41 bits per heavy atom. The Labute approximate surface area is 477 Å². The van der Waals surface area contributed by atoms with E-state index in [0.717, 1.165) is 20.3 Å². The summed E-state index contributed by atoms with van der Waals surface area (Å²) in [5.41, 5.74) is 2.90. The molecule has 3 fully saturated rings. The van der Waals surface area contributed by atoms with Crippen molar-refractivity contribution >= 4 is 109 Å². The predicted molar refractivity (Wildman–Crippen MR) is 292 cm³/mol. The zero-order valence-corrected chi connectivity index (χ0v) is 43.9. The molecule has 6 heterocycles. The van der Waals surface area contributed by atoms with Crippen LogP contribution >= 0.6 is 31.9 Å². The summed E-state index contributed by atoms with van der Waals surface area (Å²) >= 11 is 6.55. The molecule has 9 rings (SSSR count). The van der Waals surface area contributed by atoms with Gasteiger partial charge < -0.3 is 29.5 Å². The third-order valence-corrected chi connectivity index (χ3v) is 14.1. The highest BCUT2D eigenvalue weighted by atomic mass is 79.9. The quantitative estimate of drug-likeness (QED) is 0.0722. The predicted octanol–water partition coefficient (Wildman–Crippen LogP) is 3.37. The maximum atomic E-state index is 12.6. The first-order valence-electron chi connectivity index (χ1n) is 23.7. The van der Waals surface area contributed by atoms with Gasteiger partial charge in [0.2, 0.25) is 35.4 Å². The number of nitrogens with one attached hydrogen (secondary N) is 3. The second kappa shape index (κ2) is 30.7. The fourth-order valence-electron chi connectivity index (χ4n) is 8.50. The number of carbonyl (C=O) groups excluding carboxylic acids is 12. The van der Waals surface area contributed by atoms with Crippen molar-refractivity contribution in [2.45, 2.75) is 85.4 Å². The van der Waals surface area contributed by atoms with Crippen molar-refractivity contribution < 1.29 is 87.1 Å². The molecule has 6 N–H and O–H groups in total. The highest BCUT2D eigenvalue weighted by Crippen LogP contribution is 2.37. The number of rotatable bonds is 15. The van der Waals surface area contributed by atoms with Crippen LogP contribution in [0.1, 0.15) is 134 Å². The van der Waals surface area contributed by atoms with Crippen molar-refractivity contribution in [3.05, 3.63) is 121 Å². The zero-order chi connectivity index (χ0) is 56.1. The molecule has 6 aliphatic rings. The lowest BCUT2D eigenvalue weighted by molar-refractivity contribution is -0.137. The summed E-state index contributed by atoms with van der Waals surface area (Å²) in [4.78, 5) is 148. The van der Waals surface area contributed by atoms with Gasteiger partial charge in [-0.2, -0.15) is 0 Å². The van der Waals surface area contributed by atoms with Gasteiger partial charge in [-0.3, -0.25) is 88.2 Å². The van der Waals surface area contributed by atoms with Crippen LogP contribution in [0.4, 0.5) is 0 Å². The SMILES string of the molecule is C.C.C.C=COCCO.O=C1CCC(N2C(=O)c3ccc(/C=C/OCCO)cc3C2=O)C(=O)N1.O=C1CCC(N2C(=O)c3ccc(Br)c(Br)c3C2=O)C(=O)N1.O=C1CCC(N2C(=O)c3ccc(CCOCCO)cc3C2=O)C(=O)N1. The van der Waals surface area contributed by atoms with E-state index in [1.807, 2.05) is 0 Å². The van der Waals surface area contributed by atoms with E-state index >= 15 is 0 Å². The summed E-state index contributed by atoms with van der Waals surface area (Å²) in [6.07, 6.45) is 5.51. The summed E-state index contributed by atoms with van der Waals surface area (Å²) < 4.78 is 15.8. The average Bonchev–Trinajstić information content (AvgIpc) is 3.92. The van der Waals surface area contributed by atoms with E-state index in [1.165, 1.54) is 24.7 Å². The van der Waals surface area contributed by atoms with Gasteiger partial charge >= 0.3 is 0 Å². The van der Waals surface area contributed by atoms with Gasteiger partial charge in [0.25, 0.3) is 35.4 Å². The molecule has 6 aliphatic heterocycles. The summed E-state index contributed by atoms with van der Waals surface area (Å²) in [6, 6.07) is 9.97. The molecule has 0 aromatic heterocycles. The Bertz CT molecular complexity index is 2960. The van der Waals surface area contributed by atoms with Gasteiger partial charge in [0.05, 0.1) is 78.9 Å². The molecule has 3 aromatic carbocycles. The number of benzene rings is 3. The van der Waals surface area contributed by atoms with E-state index in [9.17, 15) is 57.5 Å². The minimum absolute atomic E-state index is 0. The lowest BCUT2D eigenvalue weighted by Gasteiger charge is -2.27. The standard InChI is InChI=1S/C17H18N2O6.C17H16N2O6.C13H8Br2N2O4.C4H8O2.3CH4/c2*20-6-8-25-7-5-10-1-2-11-12(9-10)17(24)19(16(11)23)13-3-4-14(21)18-15(13)22;14-6-2-1-5-9(10(6)15)13(21)17(12(5)20)7-3-4-8(18)16-11(7)19;1-2-6-4-3-5;;;/h1-2,9,13,20H,3-8H2,(H,18,21,22);1-2,5,7,9,13,20H,3-4,6,8H2,(H,18,21,22);1-2,7H,3-4H2,(H,16,18,19);2,5H,1,3-4H2;3*1H4/b;7-5+;;;;;. The van der Waals surface area contributed by atoms with E-state index < -0.39 is 89.0 Å². The zero-order valence-electron chi connectivity index (χ0n) is 40.8. The topological polar surface area (TPSA) is 339 Å². The van der Waals surface area contributed by atoms with Crippen LogP contribution in [0.3, 0.4) is 0 Å². The number of aliphatic hydroxyl groups is 3. The Morgan fingerprint density at radius 2 is 0.950 bits per heavy atom. The minimum Gasteiger partial charge on any atom is -0.499 e. The number of hydrogen-bond donors (Lipinski definition) is 6. The summed E-state index contributed by atoms with van der Waals surface area (Å²) in [5.74, 6) is -6.25. The van der Waals surface area contributed by atoms with Crippen LogP contribution in [0.2, 0.25) is 0 Å². The monoisotopic (exact) mass is 1240 g/mol. The Balaban J connectivity index is 0.000000295. The summed E-state index contributed by atoms with van der Waals surface area (Å²) in [7, 11) is 0. The van der Waals surface area contributed by atoms with E-state index in [0.29, 0.717) is 34.1 Å². The largest absolute Gasteiger partial charge is 0.499 e. The molecule has 3 saturated heterocycles. The summed E-state index contributed by atoms with van der Waals surface area (Å²) in [5, 5.41) is 31.8. The third kappa shape index (κ3) is 15.2. The number of halogens is 2. The van der Waals surface area contributed by atoms with Gasteiger partial charge in [-0.15, -0.1) is 0 Å². The number of imide groups is 6. The van der Waals surface area contributed by atoms with Crippen LogP contribution in [-0.2, 0) is 49.4 Å². The molecule has 0 saturated carbocycles. The maximum Gasteiger partial charge on any atom is 0.263 e. The van der Waals surface area contributed by atoms with Crippen LogP contribution in [0.25, 0.3) is 6.08 Å². The second-order valence-corrected chi connectivity index (χ2v) is 18.7. The van der Waals surface area contributed by atoms with Crippen LogP contribution in [0.15, 0.2) is 76.6 Å². The number of fused-ring (bicyclic) bond motifs is 3. The molecule has 0 bridgehead atoms. The molecule has 0 spiro atoms. The van der Waals surface area contributed by atoms with Crippen molar-refractivity contribution in [2.75, 3.05) is 46.2 Å². The first-order chi connectivity index (χ1) is 36.9. The first-order valence-corrected chi connectivity index (χ1v) is 25.3. The van der Waals surface area contributed by atoms with Gasteiger partial charge in [-0.25, -0.2) is 0 Å². The first kappa shape index (κ1) is 66.7.